The molecule has 4 rings (SSSR count). The molecule has 0 amide bonds. The van der Waals surface area contributed by atoms with Crippen LogP contribution in [0.5, 0.6) is 0 Å². The van der Waals surface area contributed by atoms with Gasteiger partial charge < -0.3 is 4.52 Å². The number of aromatic nitrogens is 7. The van der Waals surface area contributed by atoms with E-state index in [4.69, 9.17) is 4.52 Å². The molecule has 0 saturated carbocycles. The van der Waals surface area contributed by atoms with Gasteiger partial charge in [0.25, 0.3) is 5.89 Å². The quantitative estimate of drug-likeness (QED) is 0.571. The number of hydrogen-bond acceptors (Lipinski definition) is 6. The number of pyridine rings is 1. The molecule has 9 heteroatoms. The van der Waals surface area contributed by atoms with Crippen LogP contribution in [0, 0.1) is 11.6 Å². The Bertz CT molecular complexity index is 920. The fourth-order valence-corrected chi connectivity index (χ4v) is 2.09. The van der Waals surface area contributed by atoms with Crippen LogP contribution < -0.4 is 0 Å². The van der Waals surface area contributed by atoms with Crippen LogP contribution in [0.25, 0.3) is 17.6 Å². The second kappa shape index (κ2) is 5.88. The van der Waals surface area contributed by atoms with Gasteiger partial charge in [-0.15, -0.1) is 0 Å². The van der Waals surface area contributed by atoms with E-state index >= 15 is 0 Å². The lowest BCUT2D eigenvalue weighted by Crippen LogP contribution is -2.07. The zero-order valence-electron chi connectivity index (χ0n) is 12.2. The summed E-state index contributed by atoms with van der Waals surface area (Å²) in [6.07, 6.45) is 13.0. The molecule has 0 radical (unpaired) electrons. The Morgan fingerprint density at radius 3 is 2.42 bits per heavy atom. The van der Waals surface area contributed by atoms with E-state index in [-0.39, 0.29) is 11.7 Å². The predicted octanol–water partition coefficient (Wildman–Crippen LogP) is 1.98. The van der Waals surface area contributed by atoms with E-state index in [2.05, 4.69) is 25.1 Å². The maximum atomic E-state index is 12.9. The Hall–Kier alpha value is -3.62. The number of nitrogens with zero attached hydrogens (tertiary/aromatic N) is 7. The van der Waals surface area contributed by atoms with Crippen LogP contribution in [0.4, 0.5) is 4.39 Å². The van der Waals surface area contributed by atoms with Crippen LogP contribution >= 0.6 is 0 Å². The van der Waals surface area contributed by atoms with Gasteiger partial charge in [-0.05, 0) is 12.1 Å². The molecule has 4 aromatic heterocycles. The third-order valence-corrected chi connectivity index (χ3v) is 3.19. The summed E-state index contributed by atoms with van der Waals surface area (Å²) in [6.45, 7) is 0. The Balaban J connectivity index is 1.72. The summed E-state index contributed by atoms with van der Waals surface area (Å²) in [5, 5.41) is 3.87. The van der Waals surface area contributed by atoms with Crippen LogP contribution in [-0.2, 0) is 0 Å². The van der Waals surface area contributed by atoms with Crippen LogP contribution in [0.1, 0.15) is 5.89 Å². The SMILES string of the molecule is Fc1ccc(-c2noc(C=C(n3ccnc3)n3ccnc3)n2)nc1. The highest BCUT2D eigenvalue weighted by Gasteiger charge is 2.11. The van der Waals surface area contributed by atoms with Crippen molar-refractivity contribution in [2.24, 2.45) is 0 Å². The van der Waals surface area contributed by atoms with Gasteiger partial charge in [0.05, 0.1) is 6.20 Å². The molecule has 0 bridgehead atoms. The highest BCUT2D eigenvalue weighted by molar-refractivity contribution is 5.50. The maximum absolute atomic E-state index is 12.9. The number of imidazole rings is 2. The fourth-order valence-electron chi connectivity index (χ4n) is 2.09. The minimum Gasteiger partial charge on any atom is -0.334 e. The van der Waals surface area contributed by atoms with Crippen molar-refractivity contribution < 1.29 is 8.91 Å². The zero-order chi connectivity index (χ0) is 16.4. The van der Waals surface area contributed by atoms with E-state index < -0.39 is 5.82 Å². The van der Waals surface area contributed by atoms with Crippen molar-refractivity contribution in [3.05, 3.63) is 73.3 Å². The molecular weight excluding hydrogens is 313 g/mol. The van der Waals surface area contributed by atoms with E-state index in [1.165, 1.54) is 12.1 Å². The summed E-state index contributed by atoms with van der Waals surface area (Å²) < 4.78 is 21.7. The topological polar surface area (TPSA) is 87.5 Å². The Morgan fingerprint density at radius 2 is 1.83 bits per heavy atom. The highest BCUT2D eigenvalue weighted by Crippen LogP contribution is 2.15. The molecule has 8 nitrogen and oxygen atoms in total. The molecule has 0 saturated heterocycles. The van der Waals surface area contributed by atoms with Gasteiger partial charge in [0.15, 0.2) is 0 Å². The Labute approximate surface area is 134 Å². The summed E-state index contributed by atoms with van der Waals surface area (Å²) in [4.78, 5) is 16.3. The minimum atomic E-state index is -0.426. The predicted molar refractivity (Wildman–Crippen MR) is 80.4 cm³/mol. The molecule has 118 valence electrons. The van der Waals surface area contributed by atoms with Crippen molar-refractivity contribution in [2.75, 3.05) is 0 Å². The van der Waals surface area contributed by atoms with Crippen molar-refractivity contribution in [3.8, 4) is 11.5 Å². The molecule has 0 aliphatic rings. The van der Waals surface area contributed by atoms with Gasteiger partial charge in [-0.3, -0.25) is 9.13 Å². The first-order chi connectivity index (χ1) is 11.8. The minimum absolute atomic E-state index is 0.272. The van der Waals surface area contributed by atoms with Crippen molar-refractivity contribution in [2.45, 2.75) is 0 Å². The summed E-state index contributed by atoms with van der Waals surface area (Å²) in [6, 6.07) is 2.77. The molecular formula is C15H10FN7O. The van der Waals surface area contributed by atoms with Gasteiger partial charge >= 0.3 is 0 Å². The fraction of sp³-hybridized carbons (Fsp3) is 0. The molecule has 0 aliphatic carbocycles. The number of rotatable bonds is 4. The van der Waals surface area contributed by atoms with E-state index in [1.54, 1.807) is 52.7 Å². The lowest BCUT2D eigenvalue weighted by molar-refractivity contribution is 0.410. The molecule has 0 unspecified atom stereocenters. The van der Waals surface area contributed by atoms with Crippen molar-refractivity contribution >= 4 is 6.08 Å². The smallest absolute Gasteiger partial charge is 0.254 e. The molecule has 0 aromatic carbocycles. The third-order valence-electron chi connectivity index (χ3n) is 3.19. The molecule has 0 atom stereocenters. The Morgan fingerprint density at radius 1 is 1.08 bits per heavy atom. The number of hydrogen-bond donors (Lipinski definition) is 0. The van der Waals surface area contributed by atoms with Gasteiger partial charge in [0.2, 0.25) is 5.82 Å². The monoisotopic (exact) mass is 323 g/mol. The number of halogens is 1. The van der Waals surface area contributed by atoms with E-state index in [1.807, 2.05) is 0 Å². The second-order valence-corrected chi connectivity index (χ2v) is 4.76. The van der Waals surface area contributed by atoms with Gasteiger partial charge in [0.1, 0.15) is 30.0 Å². The lowest BCUT2D eigenvalue weighted by Gasteiger charge is -2.07. The van der Waals surface area contributed by atoms with E-state index in [9.17, 15) is 4.39 Å². The van der Waals surface area contributed by atoms with Crippen LogP contribution in [0.15, 0.2) is 60.3 Å². The summed E-state index contributed by atoms with van der Waals surface area (Å²) in [5.41, 5.74) is 0.423. The third kappa shape index (κ3) is 2.70. The van der Waals surface area contributed by atoms with E-state index in [0.29, 0.717) is 11.5 Å². The maximum Gasteiger partial charge on any atom is 0.254 e. The average Bonchev–Trinajstić information content (AvgIpc) is 3.35. The normalized spacial score (nSPS) is 10.7. The zero-order valence-corrected chi connectivity index (χ0v) is 12.2. The lowest BCUT2D eigenvalue weighted by atomic mass is 10.3. The van der Waals surface area contributed by atoms with Crippen LogP contribution in [0.3, 0.4) is 0 Å². The van der Waals surface area contributed by atoms with Gasteiger partial charge in [-0.1, -0.05) is 5.16 Å². The van der Waals surface area contributed by atoms with Crippen LogP contribution in [-0.4, -0.2) is 34.2 Å². The largest absolute Gasteiger partial charge is 0.334 e. The molecule has 24 heavy (non-hydrogen) atoms. The highest BCUT2D eigenvalue weighted by atomic mass is 19.1. The van der Waals surface area contributed by atoms with E-state index in [0.717, 1.165) is 6.20 Å². The Kier molecular flexibility index (Phi) is 3.43. The summed E-state index contributed by atoms with van der Waals surface area (Å²) >= 11 is 0. The summed E-state index contributed by atoms with van der Waals surface area (Å²) in [7, 11) is 0. The molecule has 0 N–H and O–H groups in total. The molecule has 0 fully saturated rings. The molecule has 4 aromatic rings. The van der Waals surface area contributed by atoms with Gasteiger partial charge in [-0.2, -0.15) is 4.98 Å². The first-order valence-electron chi connectivity index (χ1n) is 6.93. The van der Waals surface area contributed by atoms with Crippen molar-refractivity contribution in [1.29, 1.82) is 0 Å². The standard InChI is InChI=1S/C15H10FN7O/c16-11-1-2-12(19-8-11)15-20-13(24-21-15)7-14(22-5-3-17-9-22)23-6-4-18-10-23/h1-10H. The van der Waals surface area contributed by atoms with Crippen molar-refractivity contribution in [1.82, 2.24) is 34.2 Å². The molecule has 0 aliphatic heterocycles. The second-order valence-electron chi connectivity index (χ2n) is 4.76. The molecule has 4 heterocycles. The first-order valence-corrected chi connectivity index (χ1v) is 6.93. The molecule has 0 spiro atoms. The average molecular weight is 323 g/mol. The van der Waals surface area contributed by atoms with Gasteiger partial charge in [0, 0.05) is 30.9 Å². The van der Waals surface area contributed by atoms with Crippen LogP contribution in [0.2, 0.25) is 0 Å². The summed E-state index contributed by atoms with van der Waals surface area (Å²) in [5.74, 6) is 0.822. The first kappa shape index (κ1) is 14.0. The van der Waals surface area contributed by atoms with Gasteiger partial charge in [-0.25, -0.2) is 19.3 Å². The van der Waals surface area contributed by atoms with Crippen molar-refractivity contribution in [3.63, 3.8) is 0 Å².